The van der Waals surface area contributed by atoms with Gasteiger partial charge in [-0.05, 0) is 42.5 Å². The number of furan rings is 1. The fraction of sp³-hybridized carbons (Fsp3) is 0.100. The second kappa shape index (κ2) is 9.23. The summed E-state index contributed by atoms with van der Waals surface area (Å²) in [5.41, 5.74) is 2.22. The number of amides is 1. The van der Waals surface area contributed by atoms with Gasteiger partial charge in [-0.15, -0.1) is 0 Å². The fourth-order valence-corrected chi connectivity index (χ4v) is 2.85. The lowest BCUT2D eigenvalue weighted by atomic mass is 10.2. The van der Waals surface area contributed by atoms with Crippen LogP contribution in [-0.2, 0) is 11.0 Å². The van der Waals surface area contributed by atoms with Crippen molar-refractivity contribution >= 4 is 41.0 Å². The molecule has 0 saturated carbocycles. The predicted octanol–water partition coefficient (Wildman–Crippen LogP) is 5.83. The Morgan fingerprint density at radius 3 is 2.63 bits per heavy atom. The van der Waals surface area contributed by atoms with Gasteiger partial charge in [0.15, 0.2) is 0 Å². The van der Waals surface area contributed by atoms with Crippen LogP contribution in [0, 0.1) is 0 Å². The highest BCUT2D eigenvalue weighted by atomic mass is 35.5. The van der Waals surface area contributed by atoms with Gasteiger partial charge in [0.25, 0.3) is 5.91 Å². The van der Waals surface area contributed by atoms with Crippen molar-refractivity contribution in [2.45, 2.75) is 6.18 Å². The van der Waals surface area contributed by atoms with Gasteiger partial charge in [-0.3, -0.25) is 4.79 Å². The van der Waals surface area contributed by atoms with E-state index in [2.05, 4.69) is 15.8 Å². The highest BCUT2D eigenvalue weighted by molar-refractivity contribution is 6.43. The normalized spacial score (nSPS) is 11.6. The average molecular weight is 456 g/mol. The van der Waals surface area contributed by atoms with Crippen LogP contribution in [0.5, 0.6) is 0 Å². The van der Waals surface area contributed by atoms with E-state index >= 15 is 0 Å². The molecule has 0 aliphatic carbocycles. The average Bonchev–Trinajstić information content (AvgIpc) is 3.17. The van der Waals surface area contributed by atoms with Gasteiger partial charge in [0.05, 0.1) is 28.4 Å². The number of hydrogen-bond acceptors (Lipinski definition) is 4. The van der Waals surface area contributed by atoms with E-state index in [-0.39, 0.29) is 12.2 Å². The zero-order valence-corrected chi connectivity index (χ0v) is 16.6. The Morgan fingerprint density at radius 2 is 1.87 bits per heavy atom. The van der Waals surface area contributed by atoms with Gasteiger partial charge in [-0.2, -0.15) is 18.3 Å². The molecule has 3 rings (SSSR count). The van der Waals surface area contributed by atoms with Gasteiger partial charge in [0, 0.05) is 11.3 Å². The molecule has 1 aromatic heterocycles. The minimum absolute atomic E-state index is 0.165. The highest BCUT2D eigenvalue weighted by Gasteiger charge is 2.30. The summed E-state index contributed by atoms with van der Waals surface area (Å²) in [7, 11) is 0. The van der Waals surface area contributed by atoms with Crippen LogP contribution in [0.3, 0.4) is 0 Å². The van der Waals surface area contributed by atoms with E-state index < -0.39 is 17.6 Å². The van der Waals surface area contributed by atoms with Gasteiger partial charge in [0.1, 0.15) is 11.5 Å². The quantitative estimate of drug-likeness (QED) is 0.362. The van der Waals surface area contributed by atoms with Crippen LogP contribution in [0.25, 0.3) is 11.3 Å². The van der Waals surface area contributed by atoms with Crippen molar-refractivity contribution in [1.29, 1.82) is 0 Å². The number of nitrogens with one attached hydrogen (secondary N) is 2. The lowest BCUT2D eigenvalue weighted by molar-refractivity contribution is -0.137. The van der Waals surface area contributed by atoms with Crippen molar-refractivity contribution in [3.05, 3.63) is 76.0 Å². The molecule has 2 N–H and O–H groups in total. The SMILES string of the molecule is O=C(CNc1cccc(C(F)(F)F)c1)N/N=C\c1ccc(-c2cccc(Cl)c2Cl)o1. The van der Waals surface area contributed by atoms with Crippen LogP contribution >= 0.6 is 23.2 Å². The molecule has 3 aromatic rings. The maximum Gasteiger partial charge on any atom is 0.416 e. The summed E-state index contributed by atoms with van der Waals surface area (Å²) in [4.78, 5) is 11.8. The Hall–Kier alpha value is -2.97. The number of anilines is 1. The summed E-state index contributed by atoms with van der Waals surface area (Å²) in [6.45, 7) is -0.264. The zero-order valence-electron chi connectivity index (χ0n) is 15.1. The number of hydrogen-bond donors (Lipinski definition) is 2. The third kappa shape index (κ3) is 5.55. The highest BCUT2D eigenvalue weighted by Crippen LogP contribution is 2.34. The third-order valence-corrected chi connectivity index (χ3v) is 4.69. The molecule has 0 saturated heterocycles. The van der Waals surface area contributed by atoms with Gasteiger partial charge >= 0.3 is 6.18 Å². The van der Waals surface area contributed by atoms with Crippen LogP contribution in [-0.4, -0.2) is 18.7 Å². The lowest BCUT2D eigenvalue weighted by Crippen LogP contribution is -2.26. The predicted molar refractivity (Wildman–Crippen MR) is 110 cm³/mol. The Bertz CT molecular complexity index is 1080. The third-order valence-electron chi connectivity index (χ3n) is 3.87. The Morgan fingerprint density at radius 1 is 1.10 bits per heavy atom. The Kier molecular flexibility index (Phi) is 6.69. The van der Waals surface area contributed by atoms with Crippen LogP contribution in [0.4, 0.5) is 18.9 Å². The van der Waals surface area contributed by atoms with Crippen molar-refractivity contribution in [3.8, 4) is 11.3 Å². The van der Waals surface area contributed by atoms with E-state index in [9.17, 15) is 18.0 Å². The molecule has 0 aliphatic heterocycles. The molecule has 0 atom stereocenters. The molecule has 0 unspecified atom stereocenters. The molecule has 156 valence electrons. The van der Waals surface area contributed by atoms with Crippen molar-refractivity contribution in [2.24, 2.45) is 5.10 Å². The lowest BCUT2D eigenvalue weighted by Gasteiger charge is -2.09. The van der Waals surface area contributed by atoms with Gasteiger partial charge in [-0.1, -0.05) is 35.3 Å². The van der Waals surface area contributed by atoms with E-state index in [4.69, 9.17) is 27.6 Å². The summed E-state index contributed by atoms with van der Waals surface area (Å²) in [6, 6.07) is 13.0. The van der Waals surface area contributed by atoms with Crippen molar-refractivity contribution in [1.82, 2.24) is 5.43 Å². The molecule has 0 aliphatic rings. The largest absolute Gasteiger partial charge is 0.455 e. The minimum atomic E-state index is -4.46. The number of alkyl halides is 3. The number of benzene rings is 2. The molecular formula is C20H14Cl2F3N3O2. The molecular weight excluding hydrogens is 442 g/mol. The minimum Gasteiger partial charge on any atom is -0.455 e. The second-order valence-electron chi connectivity index (χ2n) is 6.03. The van der Waals surface area contributed by atoms with Gasteiger partial charge in [-0.25, -0.2) is 5.43 Å². The van der Waals surface area contributed by atoms with Crippen molar-refractivity contribution in [2.75, 3.05) is 11.9 Å². The molecule has 1 heterocycles. The molecule has 10 heteroatoms. The molecule has 0 spiro atoms. The number of rotatable bonds is 6. The molecule has 5 nitrogen and oxygen atoms in total. The van der Waals surface area contributed by atoms with E-state index in [0.29, 0.717) is 27.1 Å². The summed E-state index contributed by atoms with van der Waals surface area (Å²) in [5.74, 6) is 0.280. The standard InChI is InChI=1S/C20H14Cl2F3N3O2/c21-16-6-2-5-15(19(16)22)17-8-7-14(30-17)10-27-28-18(29)11-26-13-4-1-3-12(9-13)20(23,24)25/h1-10,26H,11H2,(H,28,29)/b27-10-. The van der Waals surface area contributed by atoms with E-state index in [1.54, 1.807) is 30.3 Å². The summed E-state index contributed by atoms with van der Waals surface area (Å²) >= 11 is 12.1. The first-order chi connectivity index (χ1) is 14.2. The first-order valence-electron chi connectivity index (χ1n) is 8.51. The Balaban J connectivity index is 1.54. The summed E-state index contributed by atoms with van der Waals surface area (Å²) < 4.78 is 43.7. The first-order valence-corrected chi connectivity index (χ1v) is 9.27. The number of nitrogens with zero attached hydrogens (tertiary/aromatic N) is 1. The van der Waals surface area contributed by atoms with Crippen LogP contribution in [0.15, 0.2) is 64.1 Å². The molecule has 1 amide bonds. The van der Waals surface area contributed by atoms with Crippen LogP contribution < -0.4 is 10.7 Å². The molecule has 0 bridgehead atoms. The zero-order chi connectivity index (χ0) is 21.7. The number of halogens is 5. The van der Waals surface area contributed by atoms with Crippen molar-refractivity contribution in [3.63, 3.8) is 0 Å². The summed E-state index contributed by atoms with van der Waals surface area (Å²) in [5, 5.41) is 7.11. The van der Waals surface area contributed by atoms with Gasteiger partial charge < -0.3 is 9.73 Å². The molecule has 30 heavy (non-hydrogen) atoms. The smallest absolute Gasteiger partial charge is 0.416 e. The maximum atomic E-state index is 12.7. The van der Waals surface area contributed by atoms with E-state index in [1.807, 2.05) is 0 Å². The summed E-state index contributed by atoms with van der Waals surface area (Å²) in [6.07, 6.45) is -3.18. The van der Waals surface area contributed by atoms with Crippen molar-refractivity contribution < 1.29 is 22.4 Å². The van der Waals surface area contributed by atoms with E-state index in [1.165, 1.54) is 18.3 Å². The first kappa shape index (κ1) is 21.7. The number of carbonyl (C=O) groups excluding carboxylic acids is 1. The molecule has 0 fully saturated rings. The number of carbonyl (C=O) groups is 1. The fourth-order valence-electron chi connectivity index (χ4n) is 2.46. The van der Waals surface area contributed by atoms with Crippen LogP contribution in [0.1, 0.15) is 11.3 Å². The molecule has 0 radical (unpaired) electrons. The Labute approximate surface area is 179 Å². The van der Waals surface area contributed by atoms with E-state index in [0.717, 1.165) is 12.1 Å². The van der Waals surface area contributed by atoms with Gasteiger partial charge in [0.2, 0.25) is 0 Å². The second-order valence-corrected chi connectivity index (χ2v) is 6.81. The number of hydrazone groups is 1. The monoisotopic (exact) mass is 455 g/mol. The molecule has 2 aromatic carbocycles. The topological polar surface area (TPSA) is 66.6 Å². The van der Waals surface area contributed by atoms with Crippen LogP contribution in [0.2, 0.25) is 10.0 Å². The maximum absolute atomic E-state index is 12.7.